The fraction of sp³-hybridized carbons (Fsp3) is 0.235. The number of rotatable bonds is 4. The van der Waals surface area contributed by atoms with Gasteiger partial charge < -0.3 is 4.74 Å². The van der Waals surface area contributed by atoms with Crippen LogP contribution in [0.15, 0.2) is 47.4 Å². The maximum atomic E-state index is 12.8. The molecule has 0 bridgehead atoms. The minimum absolute atomic E-state index is 0.0647. The molecule has 0 aromatic heterocycles. The Labute approximate surface area is 156 Å². The summed E-state index contributed by atoms with van der Waals surface area (Å²) in [5.41, 5.74) is 0.238. The van der Waals surface area contributed by atoms with Gasteiger partial charge in [-0.05, 0) is 36.8 Å². The lowest BCUT2D eigenvalue weighted by Crippen LogP contribution is -2.31. The molecular weight excluding hydrogens is 383 g/mol. The van der Waals surface area contributed by atoms with Crippen molar-refractivity contribution >= 4 is 33.2 Å². The maximum Gasteiger partial charge on any atom is 0.243 e. The van der Waals surface area contributed by atoms with E-state index in [1.807, 2.05) is 12.1 Å². The van der Waals surface area contributed by atoms with Gasteiger partial charge in [-0.1, -0.05) is 35.3 Å². The number of para-hydroxylation sites is 1. The van der Waals surface area contributed by atoms with Crippen molar-refractivity contribution in [3.63, 3.8) is 0 Å². The molecule has 1 unspecified atom stereocenters. The van der Waals surface area contributed by atoms with E-state index in [2.05, 4.69) is 0 Å². The minimum atomic E-state index is -3.70. The lowest BCUT2D eigenvalue weighted by Gasteiger charge is -2.18. The molecule has 25 heavy (non-hydrogen) atoms. The fourth-order valence-electron chi connectivity index (χ4n) is 2.63. The van der Waals surface area contributed by atoms with Gasteiger partial charge in [0.25, 0.3) is 0 Å². The SMILES string of the molecule is N#Cc1ccc(S(=O)(=O)N2CCC(Oc3ccccc3Cl)C2)cc1Cl. The van der Waals surface area contributed by atoms with Crippen LogP contribution in [0.5, 0.6) is 5.75 Å². The van der Waals surface area contributed by atoms with Crippen molar-refractivity contribution in [3.05, 3.63) is 58.1 Å². The Kier molecular flexibility index (Phi) is 5.21. The van der Waals surface area contributed by atoms with Crippen LogP contribution in [0.1, 0.15) is 12.0 Å². The molecule has 3 rings (SSSR count). The van der Waals surface area contributed by atoms with Gasteiger partial charge in [0.2, 0.25) is 10.0 Å². The molecule has 1 heterocycles. The van der Waals surface area contributed by atoms with E-state index in [1.165, 1.54) is 22.5 Å². The van der Waals surface area contributed by atoms with E-state index in [1.54, 1.807) is 18.2 Å². The molecule has 2 aromatic carbocycles. The predicted octanol–water partition coefficient (Wildman–Crippen LogP) is 3.71. The molecule has 0 saturated carbocycles. The van der Waals surface area contributed by atoms with Crippen molar-refractivity contribution in [1.29, 1.82) is 5.26 Å². The molecule has 0 amide bonds. The highest BCUT2D eigenvalue weighted by atomic mass is 35.5. The first-order valence-corrected chi connectivity index (χ1v) is 9.72. The number of hydrogen-bond acceptors (Lipinski definition) is 4. The normalized spacial score (nSPS) is 18.0. The Morgan fingerprint density at radius 1 is 1.16 bits per heavy atom. The van der Waals surface area contributed by atoms with Gasteiger partial charge in [-0.2, -0.15) is 9.57 Å². The molecule has 130 valence electrons. The fourth-order valence-corrected chi connectivity index (χ4v) is 4.61. The molecule has 1 aliphatic rings. The average Bonchev–Trinajstić information content (AvgIpc) is 3.06. The van der Waals surface area contributed by atoms with Crippen LogP contribution in [0.2, 0.25) is 10.0 Å². The second-order valence-corrected chi connectivity index (χ2v) is 8.33. The van der Waals surface area contributed by atoms with E-state index in [4.69, 9.17) is 33.2 Å². The largest absolute Gasteiger partial charge is 0.487 e. The van der Waals surface area contributed by atoms with Gasteiger partial charge in [0.1, 0.15) is 17.9 Å². The summed E-state index contributed by atoms with van der Waals surface area (Å²) in [6.07, 6.45) is 0.289. The zero-order valence-corrected chi connectivity index (χ0v) is 15.4. The van der Waals surface area contributed by atoms with E-state index >= 15 is 0 Å². The Balaban J connectivity index is 1.76. The van der Waals surface area contributed by atoms with Gasteiger partial charge in [0.15, 0.2) is 0 Å². The van der Waals surface area contributed by atoms with Crippen LogP contribution >= 0.6 is 23.2 Å². The minimum Gasteiger partial charge on any atom is -0.487 e. The van der Waals surface area contributed by atoms with Gasteiger partial charge >= 0.3 is 0 Å². The molecule has 1 aliphatic heterocycles. The van der Waals surface area contributed by atoms with Crippen molar-refractivity contribution < 1.29 is 13.2 Å². The number of sulfonamides is 1. The molecule has 1 atom stereocenters. The Bertz CT molecular complexity index is 941. The van der Waals surface area contributed by atoms with Gasteiger partial charge in [0.05, 0.1) is 27.0 Å². The molecule has 5 nitrogen and oxygen atoms in total. The highest BCUT2D eigenvalue weighted by Crippen LogP contribution is 2.29. The Hall–Kier alpha value is -1.78. The second-order valence-electron chi connectivity index (χ2n) is 5.58. The molecule has 1 saturated heterocycles. The highest BCUT2D eigenvalue weighted by Gasteiger charge is 2.34. The van der Waals surface area contributed by atoms with Crippen LogP contribution in [-0.4, -0.2) is 31.9 Å². The first-order valence-electron chi connectivity index (χ1n) is 7.53. The van der Waals surface area contributed by atoms with Crippen LogP contribution in [-0.2, 0) is 10.0 Å². The second kappa shape index (κ2) is 7.22. The number of hydrogen-bond donors (Lipinski definition) is 0. The Morgan fingerprint density at radius 3 is 2.60 bits per heavy atom. The molecule has 0 N–H and O–H groups in total. The number of nitriles is 1. The van der Waals surface area contributed by atoms with Crippen molar-refractivity contribution in [2.24, 2.45) is 0 Å². The topological polar surface area (TPSA) is 70.4 Å². The lowest BCUT2D eigenvalue weighted by atomic mass is 10.2. The summed E-state index contributed by atoms with van der Waals surface area (Å²) >= 11 is 12.0. The van der Waals surface area contributed by atoms with E-state index in [0.29, 0.717) is 23.7 Å². The maximum absolute atomic E-state index is 12.8. The molecule has 0 radical (unpaired) electrons. The van der Waals surface area contributed by atoms with Crippen molar-refractivity contribution in [2.75, 3.05) is 13.1 Å². The van der Waals surface area contributed by atoms with Crippen LogP contribution in [0.25, 0.3) is 0 Å². The summed E-state index contributed by atoms with van der Waals surface area (Å²) in [4.78, 5) is 0.0647. The van der Waals surface area contributed by atoms with Gasteiger partial charge in [-0.15, -0.1) is 0 Å². The van der Waals surface area contributed by atoms with Crippen molar-refractivity contribution in [1.82, 2.24) is 4.31 Å². The quantitative estimate of drug-likeness (QED) is 0.789. The standard InChI is InChI=1S/C17H14Cl2N2O3S/c18-15-3-1-2-4-17(15)24-13-7-8-21(11-13)25(22,23)14-6-5-12(10-20)16(19)9-14/h1-6,9,13H,7-8,11H2. The molecule has 0 aliphatic carbocycles. The number of nitrogens with zero attached hydrogens (tertiary/aromatic N) is 2. The first kappa shape index (κ1) is 18.0. The van der Waals surface area contributed by atoms with Gasteiger partial charge in [-0.3, -0.25) is 0 Å². The third-order valence-corrected chi connectivity index (χ3v) is 6.42. The first-order chi connectivity index (χ1) is 11.9. The zero-order valence-electron chi connectivity index (χ0n) is 13.0. The van der Waals surface area contributed by atoms with Gasteiger partial charge in [0, 0.05) is 6.54 Å². The summed E-state index contributed by atoms with van der Waals surface area (Å²) in [5, 5.41) is 9.51. The molecule has 1 fully saturated rings. The van der Waals surface area contributed by atoms with Crippen LogP contribution < -0.4 is 4.74 Å². The summed E-state index contributed by atoms with van der Waals surface area (Å²) in [6, 6.07) is 13.1. The number of halogens is 2. The monoisotopic (exact) mass is 396 g/mol. The van der Waals surface area contributed by atoms with Crippen LogP contribution in [0, 0.1) is 11.3 Å². The molecule has 0 spiro atoms. The Morgan fingerprint density at radius 2 is 1.92 bits per heavy atom. The third kappa shape index (κ3) is 3.75. The summed E-state index contributed by atoms with van der Waals surface area (Å²) in [6.45, 7) is 0.570. The summed E-state index contributed by atoms with van der Waals surface area (Å²) in [7, 11) is -3.70. The van der Waals surface area contributed by atoms with Crippen molar-refractivity contribution in [3.8, 4) is 11.8 Å². The molecule has 2 aromatic rings. The summed E-state index contributed by atoms with van der Waals surface area (Å²) < 4.78 is 32.7. The lowest BCUT2D eigenvalue weighted by molar-refractivity contribution is 0.215. The van der Waals surface area contributed by atoms with E-state index in [9.17, 15) is 8.42 Å². The third-order valence-electron chi connectivity index (χ3n) is 3.94. The smallest absolute Gasteiger partial charge is 0.243 e. The highest BCUT2D eigenvalue weighted by molar-refractivity contribution is 7.89. The molecular formula is C17H14Cl2N2O3S. The predicted molar refractivity (Wildman–Crippen MR) is 95.4 cm³/mol. The van der Waals surface area contributed by atoms with Crippen molar-refractivity contribution in [2.45, 2.75) is 17.4 Å². The van der Waals surface area contributed by atoms with Crippen LogP contribution in [0.3, 0.4) is 0 Å². The van der Waals surface area contributed by atoms with E-state index in [0.717, 1.165) is 0 Å². The number of benzene rings is 2. The van der Waals surface area contributed by atoms with E-state index < -0.39 is 10.0 Å². The molecule has 8 heteroatoms. The van der Waals surface area contributed by atoms with Gasteiger partial charge in [-0.25, -0.2) is 8.42 Å². The average molecular weight is 397 g/mol. The zero-order chi connectivity index (χ0) is 18.0. The summed E-state index contributed by atoms with van der Waals surface area (Å²) in [5.74, 6) is 0.537. The van der Waals surface area contributed by atoms with E-state index in [-0.39, 0.29) is 28.1 Å². The number of ether oxygens (including phenoxy) is 1. The van der Waals surface area contributed by atoms with Crippen LogP contribution in [0.4, 0.5) is 0 Å².